The molecule has 0 spiro atoms. The quantitative estimate of drug-likeness (QED) is 0.708. The van der Waals surface area contributed by atoms with Crippen molar-refractivity contribution in [3.05, 3.63) is 12.7 Å². The van der Waals surface area contributed by atoms with E-state index in [-0.39, 0.29) is 6.09 Å². The summed E-state index contributed by atoms with van der Waals surface area (Å²) in [5, 5.41) is 0. The molecule has 1 fully saturated rings. The molecule has 1 saturated heterocycles. The third kappa shape index (κ3) is 5.22. The fraction of sp³-hybridized carbons (Fsp3) is 0.769. The van der Waals surface area contributed by atoms with Gasteiger partial charge < -0.3 is 9.64 Å². The molecule has 4 heteroatoms. The monoisotopic (exact) mass is 240 g/mol. The second-order valence-corrected chi connectivity index (χ2v) is 5.39. The molecule has 0 N–H and O–H groups in total. The zero-order valence-electron chi connectivity index (χ0n) is 11.2. The molecule has 0 bridgehead atoms. The Labute approximate surface area is 104 Å². The van der Waals surface area contributed by atoms with Crippen molar-refractivity contribution in [3.63, 3.8) is 0 Å². The van der Waals surface area contributed by atoms with Crippen LogP contribution in [-0.2, 0) is 4.74 Å². The Morgan fingerprint density at radius 1 is 1.29 bits per heavy atom. The Morgan fingerprint density at radius 2 is 1.88 bits per heavy atom. The smallest absolute Gasteiger partial charge is 0.410 e. The number of carbonyl (C=O) groups is 1. The standard InChI is InChI=1S/C13H24N2O2/c1-5-6-7-14-8-10-15(11-9-14)12(16)17-13(2,3)4/h5H,1,6-11H2,2-4H3. The van der Waals surface area contributed by atoms with Crippen LogP contribution in [0.4, 0.5) is 4.79 Å². The summed E-state index contributed by atoms with van der Waals surface area (Å²) >= 11 is 0. The number of carbonyl (C=O) groups excluding carboxylic acids is 1. The van der Waals surface area contributed by atoms with Gasteiger partial charge in [0, 0.05) is 32.7 Å². The summed E-state index contributed by atoms with van der Waals surface area (Å²) in [5.74, 6) is 0. The van der Waals surface area contributed by atoms with Gasteiger partial charge in [-0.3, -0.25) is 4.90 Å². The molecule has 0 atom stereocenters. The first kappa shape index (κ1) is 14.0. The molecule has 0 aromatic heterocycles. The number of piperazine rings is 1. The van der Waals surface area contributed by atoms with E-state index in [0.717, 1.165) is 39.1 Å². The lowest BCUT2D eigenvalue weighted by Gasteiger charge is -2.35. The maximum Gasteiger partial charge on any atom is 0.410 e. The number of rotatable bonds is 3. The van der Waals surface area contributed by atoms with Gasteiger partial charge in [-0.25, -0.2) is 4.79 Å². The number of nitrogens with zero attached hydrogens (tertiary/aromatic N) is 2. The molecule has 0 aromatic carbocycles. The normalized spacial score (nSPS) is 17.9. The summed E-state index contributed by atoms with van der Waals surface area (Å²) in [6.45, 7) is 13.8. The SMILES string of the molecule is C=CCCN1CCN(C(=O)OC(C)(C)C)CC1. The van der Waals surface area contributed by atoms with Gasteiger partial charge in [-0.15, -0.1) is 6.58 Å². The van der Waals surface area contributed by atoms with Gasteiger partial charge in [0.05, 0.1) is 0 Å². The van der Waals surface area contributed by atoms with E-state index in [4.69, 9.17) is 4.74 Å². The molecule has 0 radical (unpaired) electrons. The van der Waals surface area contributed by atoms with Crippen molar-refractivity contribution in [1.82, 2.24) is 9.80 Å². The van der Waals surface area contributed by atoms with Crippen molar-refractivity contribution in [1.29, 1.82) is 0 Å². The van der Waals surface area contributed by atoms with Gasteiger partial charge in [-0.05, 0) is 27.2 Å². The predicted octanol–water partition coefficient (Wildman–Crippen LogP) is 2.12. The minimum Gasteiger partial charge on any atom is -0.444 e. The van der Waals surface area contributed by atoms with Gasteiger partial charge >= 0.3 is 6.09 Å². The third-order valence-corrected chi connectivity index (χ3v) is 2.67. The Hall–Kier alpha value is -1.03. The molecular weight excluding hydrogens is 216 g/mol. The highest BCUT2D eigenvalue weighted by Gasteiger charge is 2.25. The zero-order chi connectivity index (χ0) is 12.9. The van der Waals surface area contributed by atoms with Crippen LogP contribution in [0.15, 0.2) is 12.7 Å². The van der Waals surface area contributed by atoms with E-state index in [1.165, 1.54) is 0 Å². The molecule has 0 saturated carbocycles. The predicted molar refractivity (Wildman–Crippen MR) is 69.1 cm³/mol. The first-order valence-corrected chi connectivity index (χ1v) is 6.23. The van der Waals surface area contributed by atoms with E-state index in [2.05, 4.69) is 11.5 Å². The molecule has 1 rings (SSSR count). The Bertz CT molecular complexity index is 263. The highest BCUT2D eigenvalue weighted by molar-refractivity contribution is 5.68. The van der Waals surface area contributed by atoms with E-state index in [0.29, 0.717) is 0 Å². The third-order valence-electron chi connectivity index (χ3n) is 2.67. The van der Waals surface area contributed by atoms with Crippen LogP contribution in [-0.4, -0.2) is 54.2 Å². The van der Waals surface area contributed by atoms with Crippen LogP contribution in [0.2, 0.25) is 0 Å². The number of hydrogen-bond acceptors (Lipinski definition) is 3. The van der Waals surface area contributed by atoms with Crippen LogP contribution in [0, 0.1) is 0 Å². The second kappa shape index (κ2) is 6.05. The van der Waals surface area contributed by atoms with Crippen LogP contribution in [0.5, 0.6) is 0 Å². The maximum atomic E-state index is 11.8. The van der Waals surface area contributed by atoms with E-state index in [9.17, 15) is 4.79 Å². The van der Waals surface area contributed by atoms with Crippen LogP contribution in [0.25, 0.3) is 0 Å². The van der Waals surface area contributed by atoms with Crippen molar-refractivity contribution < 1.29 is 9.53 Å². The summed E-state index contributed by atoms with van der Waals surface area (Å²) in [7, 11) is 0. The largest absolute Gasteiger partial charge is 0.444 e. The van der Waals surface area contributed by atoms with Gasteiger partial charge in [-0.1, -0.05) is 6.08 Å². The van der Waals surface area contributed by atoms with Gasteiger partial charge in [0.15, 0.2) is 0 Å². The summed E-state index contributed by atoms with van der Waals surface area (Å²) in [6, 6.07) is 0. The summed E-state index contributed by atoms with van der Waals surface area (Å²) in [6.07, 6.45) is 2.74. The molecule has 0 unspecified atom stereocenters. The topological polar surface area (TPSA) is 32.8 Å². The molecule has 17 heavy (non-hydrogen) atoms. The fourth-order valence-electron chi connectivity index (χ4n) is 1.75. The van der Waals surface area contributed by atoms with Crippen molar-refractivity contribution in [2.45, 2.75) is 32.8 Å². The number of amides is 1. The molecule has 1 amide bonds. The average Bonchev–Trinajstić information content (AvgIpc) is 2.24. The van der Waals surface area contributed by atoms with Gasteiger partial charge in [0.25, 0.3) is 0 Å². The lowest BCUT2D eigenvalue weighted by Crippen LogP contribution is -2.50. The summed E-state index contributed by atoms with van der Waals surface area (Å²) in [5.41, 5.74) is -0.406. The molecule has 0 aromatic rings. The second-order valence-electron chi connectivity index (χ2n) is 5.39. The van der Waals surface area contributed by atoms with E-state index >= 15 is 0 Å². The van der Waals surface area contributed by atoms with Gasteiger partial charge in [-0.2, -0.15) is 0 Å². The van der Waals surface area contributed by atoms with E-state index < -0.39 is 5.60 Å². The Kier molecular flexibility index (Phi) is 5.00. The number of ether oxygens (including phenoxy) is 1. The summed E-state index contributed by atoms with van der Waals surface area (Å²) in [4.78, 5) is 15.9. The van der Waals surface area contributed by atoms with E-state index in [1.54, 1.807) is 4.90 Å². The van der Waals surface area contributed by atoms with Crippen LogP contribution < -0.4 is 0 Å². The minimum absolute atomic E-state index is 0.194. The highest BCUT2D eigenvalue weighted by Crippen LogP contribution is 2.11. The molecule has 1 aliphatic rings. The number of hydrogen-bond donors (Lipinski definition) is 0. The van der Waals surface area contributed by atoms with Crippen molar-refractivity contribution >= 4 is 6.09 Å². The molecular formula is C13H24N2O2. The molecule has 4 nitrogen and oxygen atoms in total. The van der Waals surface area contributed by atoms with Crippen molar-refractivity contribution in [2.75, 3.05) is 32.7 Å². The summed E-state index contributed by atoms with van der Waals surface area (Å²) < 4.78 is 5.35. The first-order chi connectivity index (χ1) is 7.92. The molecule has 0 aliphatic carbocycles. The zero-order valence-corrected chi connectivity index (χ0v) is 11.2. The lowest BCUT2D eigenvalue weighted by atomic mass is 10.2. The Morgan fingerprint density at radius 3 is 2.35 bits per heavy atom. The van der Waals surface area contributed by atoms with Crippen LogP contribution >= 0.6 is 0 Å². The van der Waals surface area contributed by atoms with Gasteiger partial charge in [0.2, 0.25) is 0 Å². The van der Waals surface area contributed by atoms with Crippen molar-refractivity contribution in [2.24, 2.45) is 0 Å². The van der Waals surface area contributed by atoms with Gasteiger partial charge in [0.1, 0.15) is 5.60 Å². The molecule has 1 aliphatic heterocycles. The fourth-order valence-corrected chi connectivity index (χ4v) is 1.75. The van der Waals surface area contributed by atoms with Crippen LogP contribution in [0.3, 0.4) is 0 Å². The van der Waals surface area contributed by atoms with Crippen LogP contribution in [0.1, 0.15) is 27.2 Å². The first-order valence-electron chi connectivity index (χ1n) is 6.23. The highest BCUT2D eigenvalue weighted by atomic mass is 16.6. The average molecular weight is 240 g/mol. The lowest BCUT2D eigenvalue weighted by molar-refractivity contribution is 0.0146. The Balaban J connectivity index is 2.31. The van der Waals surface area contributed by atoms with Crippen molar-refractivity contribution in [3.8, 4) is 0 Å². The maximum absolute atomic E-state index is 11.8. The molecule has 98 valence electrons. The minimum atomic E-state index is -0.406. The molecule has 1 heterocycles. The van der Waals surface area contributed by atoms with E-state index in [1.807, 2.05) is 26.8 Å².